The van der Waals surface area contributed by atoms with Crippen LogP contribution in [0.4, 0.5) is 0 Å². The van der Waals surface area contributed by atoms with Crippen molar-refractivity contribution >= 4 is 5.71 Å². The summed E-state index contributed by atoms with van der Waals surface area (Å²) in [6.45, 7) is 7.60. The molecule has 0 aliphatic heterocycles. The Morgan fingerprint density at radius 2 is 1.54 bits per heavy atom. The predicted molar refractivity (Wildman–Crippen MR) is 61.6 cm³/mol. The number of nitrogens with zero attached hydrogens (tertiary/aromatic N) is 1. The van der Waals surface area contributed by atoms with E-state index in [-0.39, 0.29) is 0 Å². The normalized spacial score (nSPS) is 12.1. The Hall–Kier alpha value is -0.330. The summed E-state index contributed by atoms with van der Waals surface area (Å²) in [4.78, 5) is 4.48. The van der Waals surface area contributed by atoms with Gasteiger partial charge in [-0.05, 0) is 19.8 Å². The van der Waals surface area contributed by atoms with Crippen LogP contribution in [0.1, 0.15) is 65.7 Å². The fourth-order valence-electron chi connectivity index (χ4n) is 1.27. The first-order valence-electron chi connectivity index (χ1n) is 5.81. The molecule has 0 saturated heterocycles. The molecule has 0 amide bonds. The zero-order valence-corrected chi connectivity index (χ0v) is 9.60. The minimum absolute atomic E-state index is 1.05. The highest BCUT2D eigenvalue weighted by atomic mass is 14.7. The zero-order chi connectivity index (χ0) is 9.94. The van der Waals surface area contributed by atoms with Gasteiger partial charge in [-0.1, -0.05) is 46.0 Å². The quantitative estimate of drug-likeness (QED) is 0.395. The van der Waals surface area contributed by atoms with Crippen LogP contribution in [0.15, 0.2) is 4.99 Å². The summed E-state index contributed by atoms with van der Waals surface area (Å²) in [5.41, 5.74) is 1.30. The molecule has 0 aliphatic rings. The highest BCUT2D eigenvalue weighted by Gasteiger charge is 1.89. The van der Waals surface area contributed by atoms with Crippen LogP contribution in [0.3, 0.4) is 0 Å². The maximum absolute atomic E-state index is 4.48. The molecule has 78 valence electrons. The van der Waals surface area contributed by atoms with E-state index in [1.54, 1.807) is 0 Å². The van der Waals surface area contributed by atoms with E-state index in [0.29, 0.717) is 0 Å². The maximum atomic E-state index is 4.48. The van der Waals surface area contributed by atoms with Crippen molar-refractivity contribution in [2.75, 3.05) is 6.54 Å². The molecule has 0 aromatic rings. The maximum Gasteiger partial charge on any atom is 0.0388 e. The molecule has 0 unspecified atom stereocenters. The Bertz CT molecular complexity index is 127. The monoisotopic (exact) mass is 183 g/mol. The Balaban J connectivity index is 3.08. The largest absolute Gasteiger partial charge is 0.294 e. The molecule has 0 heterocycles. The van der Waals surface area contributed by atoms with Gasteiger partial charge in [0.05, 0.1) is 0 Å². The zero-order valence-electron chi connectivity index (χ0n) is 9.60. The van der Waals surface area contributed by atoms with Crippen molar-refractivity contribution in [3.8, 4) is 0 Å². The highest BCUT2D eigenvalue weighted by Crippen LogP contribution is 2.04. The van der Waals surface area contributed by atoms with Crippen molar-refractivity contribution in [1.82, 2.24) is 0 Å². The lowest BCUT2D eigenvalue weighted by molar-refractivity contribution is 0.612. The molecule has 0 rings (SSSR count). The van der Waals surface area contributed by atoms with E-state index >= 15 is 0 Å². The molecule has 0 spiro atoms. The van der Waals surface area contributed by atoms with E-state index in [4.69, 9.17) is 0 Å². The van der Waals surface area contributed by atoms with Crippen LogP contribution in [0.25, 0.3) is 0 Å². The molecule has 0 aromatic carbocycles. The summed E-state index contributed by atoms with van der Waals surface area (Å²) in [6.07, 6.45) is 9.29. The lowest BCUT2D eigenvalue weighted by Gasteiger charge is -1.99. The van der Waals surface area contributed by atoms with E-state index in [1.165, 1.54) is 44.2 Å². The first-order valence-corrected chi connectivity index (χ1v) is 5.81. The van der Waals surface area contributed by atoms with Gasteiger partial charge in [-0.2, -0.15) is 0 Å². The van der Waals surface area contributed by atoms with Gasteiger partial charge in [0, 0.05) is 12.3 Å². The van der Waals surface area contributed by atoms with Crippen molar-refractivity contribution < 1.29 is 0 Å². The number of aliphatic imine (C=N–C) groups is 1. The predicted octanol–water partition coefficient (Wildman–Crippen LogP) is 4.22. The third kappa shape index (κ3) is 9.59. The summed E-state index contributed by atoms with van der Waals surface area (Å²) in [6, 6.07) is 0. The minimum Gasteiger partial charge on any atom is -0.294 e. The molecule has 0 bridgehead atoms. The molecular weight excluding hydrogens is 158 g/mol. The van der Waals surface area contributed by atoms with E-state index < -0.39 is 0 Å². The van der Waals surface area contributed by atoms with Gasteiger partial charge >= 0.3 is 0 Å². The van der Waals surface area contributed by atoms with Gasteiger partial charge in [-0.25, -0.2) is 0 Å². The summed E-state index contributed by atoms with van der Waals surface area (Å²) in [7, 11) is 0. The van der Waals surface area contributed by atoms with Crippen LogP contribution >= 0.6 is 0 Å². The Morgan fingerprint density at radius 3 is 2.15 bits per heavy atom. The van der Waals surface area contributed by atoms with Crippen LogP contribution in [0.5, 0.6) is 0 Å². The number of rotatable bonds is 8. The average Bonchev–Trinajstić information content (AvgIpc) is 2.16. The minimum atomic E-state index is 1.05. The lowest BCUT2D eigenvalue weighted by Crippen LogP contribution is -1.91. The Morgan fingerprint density at radius 1 is 0.923 bits per heavy atom. The number of hydrogen-bond acceptors (Lipinski definition) is 1. The Kier molecular flexibility index (Phi) is 9.51. The van der Waals surface area contributed by atoms with Crippen molar-refractivity contribution in [2.45, 2.75) is 65.7 Å². The van der Waals surface area contributed by atoms with Crippen LogP contribution in [-0.4, -0.2) is 12.3 Å². The average molecular weight is 183 g/mol. The third-order valence-corrected chi connectivity index (χ3v) is 2.41. The Labute approximate surface area is 83.6 Å². The number of unbranched alkanes of at least 4 members (excludes halogenated alkanes) is 5. The topological polar surface area (TPSA) is 12.4 Å². The first kappa shape index (κ1) is 12.7. The summed E-state index contributed by atoms with van der Waals surface area (Å²) in [5.74, 6) is 0. The van der Waals surface area contributed by atoms with Gasteiger partial charge in [-0.15, -0.1) is 0 Å². The summed E-state index contributed by atoms with van der Waals surface area (Å²) < 4.78 is 0. The van der Waals surface area contributed by atoms with E-state index in [2.05, 4.69) is 25.8 Å². The summed E-state index contributed by atoms with van der Waals surface area (Å²) >= 11 is 0. The third-order valence-electron chi connectivity index (χ3n) is 2.41. The van der Waals surface area contributed by atoms with E-state index in [1.807, 2.05) is 0 Å². The molecule has 0 radical (unpaired) electrons. The van der Waals surface area contributed by atoms with Crippen LogP contribution < -0.4 is 0 Å². The molecule has 1 nitrogen and oxygen atoms in total. The molecule has 13 heavy (non-hydrogen) atoms. The fourth-order valence-corrected chi connectivity index (χ4v) is 1.27. The molecule has 1 heteroatoms. The van der Waals surface area contributed by atoms with Crippen LogP contribution in [0, 0.1) is 0 Å². The van der Waals surface area contributed by atoms with Gasteiger partial charge < -0.3 is 0 Å². The SMILES string of the molecule is CCCCCCCC/N=C(/C)CC. The molecule has 0 fully saturated rings. The lowest BCUT2D eigenvalue weighted by atomic mass is 10.1. The van der Waals surface area contributed by atoms with Crippen molar-refractivity contribution in [2.24, 2.45) is 4.99 Å². The van der Waals surface area contributed by atoms with Crippen molar-refractivity contribution in [3.05, 3.63) is 0 Å². The summed E-state index contributed by atoms with van der Waals surface area (Å²) in [5, 5.41) is 0. The highest BCUT2D eigenvalue weighted by molar-refractivity contribution is 5.81. The van der Waals surface area contributed by atoms with Crippen LogP contribution in [0.2, 0.25) is 0 Å². The van der Waals surface area contributed by atoms with E-state index in [0.717, 1.165) is 13.0 Å². The van der Waals surface area contributed by atoms with Crippen molar-refractivity contribution in [1.29, 1.82) is 0 Å². The molecule has 0 atom stereocenters. The molecule has 0 saturated carbocycles. The van der Waals surface area contributed by atoms with Gasteiger partial charge in [0.1, 0.15) is 0 Å². The second kappa shape index (κ2) is 9.76. The van der Waals surface area contributed by atoms with Gasteiger partial charge in [0.15, 0.2) is 0 Å². The number of hydrogen-bond donors (Lipinski definition) is 0. The van der Waals surface area contributed by atoms with Gasteiger partial charge in [0.2, 0.25) is 0 Å². The second-order valence-electron chi connectivity index (χ2n) is 3.74. The van der Waals surface area contributed by atoms with E-state index in [9.17, 15) is 0 Å². The van der Waals surface area contributed by atoms with Crippen LogP contribution in [-0.2, 0) is 0 Å². The fraction of sp³-hybridized carbons (Fsp3) is 0.917. The second-order valence-corrected chi connectivity index (χ2v) is 3.74. The first-order chi connectivity index (χ1) is 6.31. The molecule has 0 aromatic heterocycles. The molecule has 0 N–H and O–H groups in total. The van der Waals surface area contributed by atoms with Crippen molar-refractivity contribution in [3.63, 3.8) is 0 Å². The van der Waals surface area contributed by atoms with Gasteiger partial charge in [-0.3, -0.25) is 4.99 Å². The van der Waals surface area contributed by atoms with Gasteiger partial charge in [0.25, 0.3) is 0 Å². The molecule has 0 aliphatic carbocycles. The smallest absolute Gasteiger partial charge is 0.0388 e. The molecular formula is C12H25N. The standard InChI is InChI=1S/C12H25N/c1-4-6-7-8-9-10-11-13-12(3)5-2/h4-11H2,1-3H3/b13-12-.